The molecule has 0 radical (unpaired) electrons. The fraction of sp³-hybridized carbons (Fsp3) is 0.417. The highest BCUT2D eigenvalue weighted by Gasteiger charge is 2.22. The molecule has 2 aromatic carbocycles. The van der Waals surface area contributed by atoms with Gasteiger partial charge in [-0.1, -0.05) is 61.0 Å². The van der Waals surface area contributed by atoms with Gasteiger partial charge in [0.2, 0.25) is 5.91 Å². The van der Waals surface area contributed by atoms with Crippen molar-refractivity contribution in [2.24, 2.45) is 0 Å². The van der Waals surface area contributed by atoms with Crippen LogP contribution in [0.5, 0.6) is 0 Å². The summed E-state index contributed by atoms with van der Waals surface area (Å²) in [5.41, 5.74) is 4.63. The van der Waals surface area contributed by atoms with E-state index >= 15 is 0 Å². The summed E-state index contributed by atoms with van der Waals surface area (Å²) in [6.07, 6.45) is 2.55. The first-order valence-electron chi connectivity index (χ1n) is 10.2. The van der Waals surface area contributed by atoms with Gasteiger partial charge in [-0.2, -0.15) is 0 Å². The zero-order chi connectivity index (χ0) is 19.9. The Morgan fingerprint density at radius 1 is 1.04 bits per heavy atom. The van der Waals surface area contributed by atoms with Crippen LogP contribution in [0.4, 0.5) is 0 Å². The molecular formula is C24H30N2O2. The maximum Gasteiger partial charge on any atom is 0.220 e. The van der Waals surface area contributed by atoms with Crippen molar-refractivity contribution in [1.82, 2.24) is 10.2 Å². The number of fused-ring (bicyclic) bond motifs is 1. The minimum atomic E-state index is -0.0451. The third kappa shape index (κ3) is 5.29. The molecule has 0 spiro atoms. The number of hydrogen-bond donors (Lipinski definition) is 1. The number of nitrogens with one attached hydrogen (secondary N) is 1. The molecule has 0 bridgehead atoms. The van der Waals surface area contributed by atoms with E-state index in [-0.39, 0.29) is 24.5 Å². The Labute approximate surface area is 167 Å². The van der Waals surface area contributed by atoms with Crippen molar-refractivity contribution in [2.75, 3.05) is 13.1 Å². The summed E-state index contributed by atoms with van der Waals surface area (Å²) >= 11 is 0. The maximum atomic E-state index is 12.3. The molecule has 0 fully saturated rings. The fourth-order valence-corrected chi connectivity index (χ4v) is 3.79. The first-order chi connectivity index (χ1) is 13.6. The Bertz CT molecular complexity index is 814. The number of nitrogens with zero attached hydrogens (tertiary/aromatic N) is 1. The van der Waals surface area contributed by atoms with Gasteiger partial charge in [-0.15, -0.1) is 0 Å². The Hall–Kier alpha value is -2.46. The summed E-state index contributed by atoms with van der Waals surface area (Å²) < 4.78 is 0. The van der Waals surface area contributed by atoms with E-state index in [1.807, 2.05) is 31.2 Å². The molecule has 1 atom stereocenters. The SMILES string of the molecule is CCC(CNC(=O)CCC(=O)c1ccc(C)cc1)N1CCc2ccccc2C1. The second kappa shape index (κ2) is 9.65. The predicted octanol–water partition coefficient (Wildman–Crippen LogP) is 3.91. The van der Waals surface area contributed by atoms with Crippen molar-refractivity contribution < 1.29 is 9.59 Å². The van der Waals surface area contributed by atoms with Crippen molar-refractivity contribution >= 4 is 11.7 Å². The summed E-state index contributed by atoms with van der Waals surface area (Å²) in [5.74, 6) is -0.0221. The number of hydrogen-bond acceptors (Lipinski definition) is 3. The molecule has 4 nitrogen and oxygen atoms in total. The van der Waals surface area contributed by atoms with E-state index in [1.54, 1.807) is 0 Å². The van der Waals surface area contributed by atoms with Gasteiger partial charge in [0.05, 0.1) is 0 Å². The molecule has 1 aliphatic heterocycles. The van der Waals surface area contributed by atoms with Gasteiger partial charge in [0.25, 0.3) is 0 Å². The number of benzene rings is 2. The molecule has 2 aromatic rings. The second-order valence-electron chi connectivity index (χ2n) is 7.64. The van der Waals surface area contributed by atoms with Crippen LogP contribution in [0.1, 0.15) is 53.2 Å². The lowest BCUT2D eigenvalue weighted by Gasteiger charge is -2.35. The number of amides is 1. The van der Waals surface area contributed by atoms with E-state index < -0.39 is 0 Å². The molecule has 1 unspecified atom stereocenters. The molecular weight excluding hydrogens is 348 g/mol. The number of ketones is 1. The highest BCUT2D eigenvalue weighted by atomic mass is 16.2. The average Bonchev–Trinajstić information content (AvgIpc) is 2.73. The minimum Gasteiger partial charge on any atom is -0.355 e. The van der Waals surface area contributed by atoms with Gasteiger partial charge in [-0.3, -0.25) is 14.5 Å². The molecule has 0 aliphatic carbocycles. The maximum absolute atomic E-state index is 12.3. The van der Waals surface area contributed by atoms with Crippen molar-refractivity contribution in [3.8, 4) is 0 Å². The van der Waals surface area contributed by atoms with Gasteiger partial charge >= 0.3 is 0 Å². The van der Waals surface area contributed by atoms with Crippen molar-refractivity contribution in [1.29, 1.82) is 0 Å². The number of rotatable bonds is 8. The predicted molar refractivity (Wildman–Crippen MR) is 112 cm³/mol. The first-order valence-corrected chi connectivity index (χ1v) is 10.2. The number of carbonyl (C=O) groups is 2. The van der Waals surface area contributed by atoms with Crippen molar-refractivity contribution in [3.05, 3.63) is 70.8 Å². The van der Waals surface area contributed by atoms with Crippen LogP contribution in [0.15, 0.2) is 48.5 Å². The molecule has 148 valence electrons. The average molecular weight is 379 g/mol. The number of Topliss-reactive ketones (excluding diaryl/α,β-unsaturated/α-hetero) is 1. The van der Waals surface area contributed by atoms with Crippen LogP contribution in [0.25, 0.3) is 0 Å². The third-order valence-electron chi connectivity index (χ3n) is 5.64. The van der Waals surface area contributed by atoms with E-state index in [0.717, 1.165) is 31.5 Å². The zero-order valence-electron chi connectivity index (χ0n) is 16.9. The van der Waals surface area contributed by atoms with Crippen molar-refractivity contribution in [3.63, 3.8) is 0 Å². The molecule has 0 saturated heterocycles. The van der Waals surface area contributed by atoms with Gasteiger partial charge < -0.3 is 5.32 Å². The molecule has 1 N–H and O–H groups in total. The van der Waals surface area contributed by atoms with Crippen LogP contribution in [0.2, 0.25) is 0 Å². The Kier molecular flexibility index (Phi) is 6.99. The van der Waals surface area contributed by atoms with Gasteiger partial charge in [-0.25, -0.2) is 0 Å². The Balaban J connectivity index is 1.45. The van der Waals surface area contributed by atoms with E-state index in [9.17, 15) is 9.59 Å². The molecule has 0 saturated carbocycles. The van der Waals surface area contributed by atoms with Crippen LogP contribution in [0, 0.1) is 6.92 Å². The second-order valence-corrected chi connectivity index (χ2v) is 7.64. The lowest BCUT2D eigenvalue weighted by atomic mass is 9.98. The smallest absolute Gasteiger partial charge is 0.220 e. The largest absolute Gasteiger partial charge is 0.355 e. The number of aryl methyl sites for hydroxylation is 1. The summed E-state index contributed by atoms with van der Waals surface area (Å²) in [4.78, 5) is 26.9. The lowest BCUT2D eigenvalue weighted by Crippen LogP contribution is -2.45. The summed E-state index contributed by atoms with van der Waals surface area (Å²) in [5, 5.41) is 3.04. The summed E-state index contributed by atoms with van der Waals surface area (Å²) in [7, 11) is 0. The highest BCUT2D eigenvalue weighted by molar-refractivity contribution is 5.97. The normalized spacial score (nSPS) is 14.9. The monoisotopic (exact) mass is 378 g/mol. The molecule has 1 aliphatic rings. The molecule has 4 heteroatoms. The molecule has 1 heterocycles. The van der Waals surface area contributed by atoms with E-state index in [1.165, 1.54) is 11.1 Å². The van der Waals surface area contributed by atoms with Crippen LogP contribution in [-0.4, -0.2) is 35.7 Å². The van der Waals surface area contributed by atoms with Crippen LogP contribution in [-0.2, 0) is 17.8 Å². The fourth-order valence-electron chi connectivity index (χ4n) is 3.79. The van der Waals surface area contributed by atoms with Crippen LogP contribution < -0.4 is 5.32 Å². The van der Waals surface area contributed by atoms with E-state index in [4.69, 9.17) is 0 Å². The summed E-state index contributed by atoms with van der Waals surface area (Å²) in [6, 6.07) is 16.4. The molecule has 1 amide bonds. The van der Waals surface area contributed by atoms with Gasteiger partial charge in [0, 0.05) is 44.1 Å². The standard InChI is InChI=1S/C24H30N2O2/c1-3-22(26-15-14-19-6-4-5-7-21(19)17-26)16-25-24(28)13-12-23(27)20-10-8-18(2)9-11-20/h4-11,22H,3,12-17H2,1-2H3,(H,25,28). The van der Waals surface area contributed by atoms with Gasteiger partial charge in [0.1, 0.15) is 0 Å². The van der Waals surface area contributed by atoms with E-state index in [0.29, 0.717) is 18.2 Å². The zero-order valence-corrected chi connectivity index (χ0v) is 16.9. The Morgan fingerprint density at radius 2 is 1.75 bits per heavy atom. The quantitative estimate of drug-likeness (QED) is 0.709. The molecule has 0 aromatic heterocycles. The first kappa shape index (κ1) is 20.3. The van der Waals surface area contributed by atoms with Crippen LogP contribution in [0.3, 0.4) is 0 Å². The molecule has 28 heavy (non-hydrogen) atoms. The van der Waals surface area contributed by atoms with Gasteiger partial charge in [0.15, 0.2) is 5.78 Å². The third-order valence-corrected chi connectivity index (χ3v) is 5.64. The van der Waals surface area contributed by atoms with Gasteiger partial charge in [-0.05, 0) is 30.9 Å². The lowest BCUT2D eigenvalue weighted by molar-refractivity contribution is -0.121. The highest BCUT2D eigenvalue weighted by Crippen LogP contribution is 2.21. The minimum absolute atomic E-state index is 0.0230. The van der Waals surface area contributed by atoms with Crippen LogP contribution >= 0.6 is 0 Å². The Morgan fingerprint density at radius 3 is 2.46 bits per heavy atom. The number of carbonyl (C=O) groups excluding carboxylic acids is 2. The van der Waals surface area contributed by atoms with Crippen molar-refractivity contribution in [2.45, 2.75) is 52.1 Å². The molecule has 3 rings (SSSR count). The topological polar surface area (TPSA) is 49.4 Å². The van der Waals surface area contributed by atoms with E-state index in [2.05, 4.69) is 41.4 Å². The summed E-state index contributed by atoms with van der Waals surface area (Å²) in [6.45, 7) is 6.76.